The maximum atomic E-state index is 12.1. The van der Waals surface area contributed by atoms with Crippen molar-refractivity contribution in [3.63, 3.8) is 0 Å². The van der Waals surface area contributed by atoms with E-state index in [1.807, 2.05) is 6.92 Å². The van der Waals surface area contributed by atoms with Crippen LogP contribution in [-0.4, -0.2) is 36.9 Å². The third kappa shape index (κ3) is 7.43. The summed E-state index contributed by atoms with van der Waals surface area (Å²) in [6.07, 6.45) is 6.43. The van der Waals surface area contributed by atoms with Crippen LogP contribution in [0.2, 0.25) is 0 Å². The van der Waals surface area contributed by atoms with Gasteiger partial charge in [0.15, 0.2) is 34.6 Å². The van der Waals surface area contributed by atoms with Crippen molar-refractivity contribution >= 4 is 29.7 Å². The van der Waals surface area contributed by atoms with Crippen molar-refractivity contribution in [3.05, 3.63) is 59.7 Å². The van der Waals surface area contributed by atoms with Crippen molar-refractivity contribution < 1.29 is 33.7 Å². The Morgan fingerprint density at radius 2 is 1.41 bits per heavy atom. The molecule has 2 aromatic rings. The highest BCUT2D eigenvalue weighted by molar-refractivity contribution is 6.10. The molecule has 2 rings (SSSR count). The molecule has 0 aromatic heterocycles. The van der Waals surface area contributed by atoms with E-state index in [0.29, 0.717) is 41.2 Å². The SMILES string of the molecule is CCCC(=O)Oc1ccc(/C=C/C(=O)CC(=O)/C=C/c2ccc(O)c(OC)c2)cc1OC. The number of benzene rings is 2. The van der Waals surface area contributed by atoms with E-state index >= 15 is 0 Å². The van der Waals surface area contributed by atoms with E-state index in [9.17, 15) is 19.5 Å². The first kappa shape index (κ1) is 24.4. The summed E-state index contributed by atoms with van der Waals surface area (Å²) < 4.78 is 15.5. The molecule has 0 radical (unpaired) electrons. The lowest BCUT2D eigenvalue weighted by atomic mass is 10.1. The molecule has 0 saturated carbocycles. The second-order valence-electron chi connectivity index (χ2n) is 6.84. The molecule has 0 atom stereocenters. The van der Waals surface area contributed by atoms with Crippen molar-refractivity contribution in [2.75, 3.05) is 14.2 Å². The number of allylic oxidation sites excluding steroid dienone is 2. The summed E-state index contributed by atoms with van der Waals surface area (Å²) >= 11 is 0. The van der Waals surface area contributed by atoms with E-state index in [1.54, 1.807) is 42.5 Å². The Morgan fingerprint density at radius 1 is 0.844 bits per heavy atom. The molecule has 0 heterocycles. The molecule has 0 bridgehead atoms. The van der Waals surface area contributed by atoms with E-state index in [0.717, 1.165) is 0 Å². The van der Waals surface area contributed by atoms with Crippen LogP contribution in [0.3, 0.4) is 0 Å². The van der Waals surface area contributed by atoms with Crippen molar-refractivity contribution in [2.24, 2.45) is 0 Å². The molecular formula is C25H26O7. The van der Waals surface area contributed by atoms with Gasteiger partial charge in [-0.15, -0.1) is 0 Å². The summed E-state index contributed by atoms with van der Waals surface area (Å²) in [7, 11) is 2.89. The van der Waals surface area contributed by atoms with E-state index in [4.69, 9.17) is 14.2 Å². The minimum Gasteiger partial charge on any atom is -0.504 e. The standard InChI is InChI=1S/C25H26O7/c1-4-5-25(29)32-22-13-9-18(15-24(22)31-3)7-11-20(27)16-19(26)10-6-17-8-12-21(28)23(14-17)30-2/h6-15,28H,4-5,16H2,1-3H3/b10-6+,11-7+. The number of rotatable bonds is 11. The average molecular weight is 438 g/mol. The molecule has 7 heteroatoms. The smallest absolute Gasteiger partial charge is 0.311 e. The van der Waals surface area contributed by atoms with E-state index in [-0.39, 0.29) is 29.7 Å². The Kier molecular flexibility index (Phi) is 9.22. The summed E-state index contributed by atoms with van der Waals surface area (Å²) in [6, 6.07) is 9.58. The first-order valence-corrected chi connectivity index (χ1v) is 10.0. The minimum atomic E-state index is -0.361. The summed E-state index contributed by atoms with van der Waals surface area (Å²) in [5.41, 5.74) is 1.31. The minimum absolute atomic E-state index is 0.0000703. The Morgan fingerprint density at radius 3 is 1.97 bits per heavy atom. The number of phenols is 1. The highest BCUT2D eigenvalue weighted by atomic mass is 16.6. The fourth-order valence-corrected chi connectivity index (χ4v) is 2.72. The Labute approximate surface area is 186 Å². The molecule has 168 valence electrons. The number of hydrogen-bond donors (Lipinski definition) is 1. The third-order valence-corrected chi connectivity index (χ3v) is 4.34. The van der Waals surface area contributed by atoms with E-state index in [1.165, 1.54) is 32.4 Å². The first-order chi connectivity index (χ1) is 15.4. The number of aromatic hydroxyl groups is 1. The molecule has 0 aliphatic heterocycles. The number of carbonyl (C=O) groups excluding carboxylic acids is 3. The molecule has 0 fully saturated rings. The van der Waals surface area contributed by atoms with Gasteiger partial charge in [0.25, 0.3) is 0 Å². The largest absolute Gasteiger partial charge is 0.504 e. The lowest BCUT2D eigenvalue weighted by molar-refractivity contribution is -0.134. The van der Waals surface area contributed by atoms with Crippen LogP contribution in [0, 0.1) is 0 Å². The molecule has 0 saturated heterocycles. The van der Waals surface area contributed by atoms with Gasteiger partial charge < -0.3 is 19.3 Å². The van der Waals surface area contributed by atoms with Gasteiger partial charge in [0.2, 0.25) is 0 Å². The van der Waals surface area contributed by atoms with E-state index in [2.05, 4.69) is 0 Å². The van der Waals surface area contributed by atoms with Crippen LogP contribution in [0.5, 0.6) is 23.0 Å². The summed E-state index contributed by atoms with van der Waals surface area (Å²) in [5.74, 6) is -0.0994. The zero-order chi connectivity index (χ0) is 23.5. The molecule has 2 aromatic carbocycles. The van der Waals surface area contributed by atoms with Crippen molar-refractivity contribution in [3.8, 4) is 23.0 Å². The lowest BCUT2D eigenvalue weighted by Gasteiger charge is -2.09. The van der Waals surface area contributed by atoms with Crippen LogP contribution >= 0.6 is 0 Å². The fraction of sp³-hybridized carbons (Fsp3) is 0.240. The van der Waals surface area contributed by atoms with Crippen LogP contribution in [0.25, 0.3) is 12.2 Å². The molecule has 32 heavy (non-hydrogen) atoms. The van der Waals surface area contributed by atoms with Crippen LogP contribution < -0.4 is 14.2 Å². The average Bonchev–Trinajstić information content (AvgIpc) is 2.78. The second kappa shape index (κ2) is 12.1. The molecular weight excluding hydrogens is 412 g/mol. The van der Waals surface area contributed by atoms with Gasteiger partial charge in [-0.1, -0.05) is 31.2 Å². The first-order valence-electron chi connectivity index (χ1n) is 10.0. The quantitative estimate of drug-likeness (QED) is 0.241. The van der Waals surface area contributed by atoms with Crippen molar-refractivity contribution in [1.29, 1.82) is 0 Å². The second-order valence-corrected chi connectivity index (χ2v) is 6.84. The van der Waals surface area contributed by atoms with Gasteiger partial charge in [-0.3, -0.25) is 14.4 Å². The lowest BCUT2D eigenvalue weighted by Crippen LogP contribution is -2.07. The summed E-state index contributed by atoms with van der Waals surface area (Å²) in [4.78, 5) is 35.9. The monoisotopic (exact) mass is 438 g/mol. The molecule has 7 nitrogen and oxygen atoms in total. The number of ketones is 2. The van der Waals surface area contributed by atoms with Crippen LogP contribution in [0.4, 0.5) is 0 Å². The molecule has 0 amide bonds. The number of ether oxygens (including phenoxy) is 3. The van der Waals surface area contributed by atoms with Gasteiger partial charge in [0.05, 0.1) is 20.6 Å². The fourth-order valence-electron chi connectivity index (χ4n) is 2.72. The molecule has 0 aliphatic carbocycles. The number of methoxy groups -OCH3 is 2. The highest BCUT2D eigenvalue weighted by Gasteiger charge is 2.10. The molecule has 0 aliphatic rings. The Bertz CT molecular complexity index is 1030. The van der Waals surface area contributed by atoms with Gasteiger partial charge in [-0.2, -0.15) is 0 Å². The number of esters is 1. The van der Waals surface area contributed by atoms with Gasteiger partial charge >= 0.3 is 5.97 Å². The van der Waals surface area contributed by atoms with Gasteiger partial charge in [0.1, 0.15) is 0 Å². The van der Waals surface area contributed by atoms with Crippen LogP contribution in [-0.2, 0) is 14.4 Å². The molecule has 1 N–H and O–H groups in total. The molecule has 0 spiro atoms. The van der Waals surface area contributed by atoms with E-state index < -0.39 is 0 Å². The zero-order valence-electron chi connectivity index (χ0n) is 18.3. The number of phenolic OH excluding ortho intramolecular Hbond substituents is 1. The number of carbonyl (C=O) groups is 3. The van der Waals surface area contributed by atoms with Gasteiger partial charge in [-0.05, 0) is 54.0 Å². The van der Waals surface area contributed by atoms with Crippen molar-refractivity contribution in [1.82, 2.24) is 0 Å². The maximum absolute atomic E-state index is 12.1. The van der Waals surface area contributed by atoms with Crippen LogP contribution in [0.15, 0.2) is 48.6 Å². The highest BCUT2D eigenvalue weighted by Crippen LogP contribution is 2.29. The van der Waals surface area contributed by atoms with Gasteiger partial charge in [-0.25, -0.2) is 0 Å². The predicted octanol–water partition coefficient (Wildman–Crippen LogP) is 4.37. The maximum Gasteiger partial charge on any atom is 0.311 e. The summed E-state index contributed by atoms with van der Waals surface area (Å²) in [6.45, 7) is 1.88. The number of hydrogen-bond acceptors (Lipinski definition) is 7. The Hall–Kier alpha value is -3.87. The normalized spacial score (nSPS) is 11.0. The van der Waals surface area contributed by atoms with Crippen molar-refractivity contribution in [2.45, 2.75) is 26.2 Å². The van der Waals surface area contributed by atoms with Crippen LogP contribution in [0.1, 0.15) is 37.3 Å². The third-order valence-electron chi connectivity index (χ3n) is 4.34. The Balaban J connectivity index is 1.97. The topological polar surface area (TPSA) is 99.1 Å². The predicted molar refractivity (Wildman–Crippen MR) is 121 cm³/mol. The molecule has 0 unspecified atom stereocenters. The van der Waals surface area contributed by atoms with Gasteiger partial charge in [0, 0.05) is 6.42 Å². The zero-order valence-corrected chi connectivity index (χ0v) is 18.3. The summed E-state index contributed by atoms with van der Waals surface area (Å²) in [5, 5.41) is 9.59.